The summed E-state index contributed by atoms with van der Waals surface area (Å²) in [6.07, 6.45) is 0.998. The highest BCUT2D eigenvalue weighted by molar-refractivity contribution is 7.13. The van der Waals surface area contributed by atoms with Gasteiger partial charge in [-0.15, -0.1) is 11.3 Å². The van der Waals surface area contributed by atoms with Gasteiger partial charge in [0.1, 0.15) is 24.0 Å². The average Bonchev–Trinajstić information content (AvgIpc) is 3.22. The Labute approximate surface area is 167 Å². The van der Waals surface area contributed by atoms with Crippen LogP contribution in [0.2, 0.25) is 0 Å². The molecule has 0 saturated carbocycles. The first kappa shape index (κ1) is 19.7. The number of aromatic nitrogens is 1. The standard InChI is InChI=1S/C21H21NO5S/c1-3-14-4-7-16(8-5-14)26-10-11-27-18-9-6-15(12-19(18)25-2)20-22-17(13-28-20)21(23)24/h4-9,12-13H,3,10-11H2,1-2H3,(H,23,24). The van der Waals surface area contributed by atoms with Crippen LogP contribution >= 0.6 is 11.3 Å². The fraction of sp³-hybridized carbons (Fsp3) is 0.238. The summed E-state index contributed by atoms with van der Waals surface area (Å²) in [6, 6.07) is 13.4. The van der Waals surface area contributed by atoms with Crippen LogP contribution in [0.15, 0.2) is 47.8 Å². The van der Waals surface area contributed by atoms with E-state index < -0.39 is 5.97 Å². The number of carboxylic acids is 1. The first-order valence-electron chi connectivity index (χ1n) is 8.82. The Morgan fingerprint density at radius 3 is 2.46 bits per heavy atom. The van der Waals surface area contributed by atoms with E-state index in [1.165, 1.54) is 22.3 Å². The number of carboxylic acid groups (broad SMARTS) is 1. The van der Waals surface area contributed by atoms with Gasteiger partial charge in [-0.25, -0.2) is 9.78 Å². The molecule has 0 aliphatic carbocycles. The third-order valence-corrected chi connectivity index (χ3v) is 4.97. The molecule has 0 aliphatic rings. The van der Waals surface area contributed by atoms with Gasteiger partial charge in [0.05, 0.1) is 7.11 Å². The average molecular weight is 399 g/mol. The fourth-order valence-electron chi connectivity index (χ4n) is 2.56. The maximum Gasteiger partial charge on any atom is 0.355 e. The number of nitrogens with zero attached hydrogens (tertiary/aromatic N) is 1. The topological polar surface area (TPSA) is 77.9 Å². The summed E-state index contributed by atoms with van der Waals surface area (Å²) >= 11 is 1.27. The summed E-state index contributed by atoms with van der Waals surface area (Å²) in [5.41, 5.74) is 2.07. The minimum atomic E-state index is -1.04. The lowest BCUT2D eigenvalue weighted by molar-refractivity contribution is 0.0691. The Morgan fingerprint density at radius 1 is 1.07 bits per heavy atom. The molecule has 28 heavy (non-hydrogen) atoms. The molecule has 0 bridgehead atoms. The Morgan fingerprint density at radius 2 is 1.82 bits per heavy atom. The highest BCUT2D eigenvalue weighted by Gasteiger charge is 2.13. The number of rotatable bonds is 9. The van der Waals surface area contributed by atoms with Crippen LogP contribution in [0.1, 0.15) is 23.0 Å². The van der Waals surface area contributed by atoms with Crippen LogP contribution in [0, 0.1) is 0 Å². The number of hydrogen-bond donors (Lipinski definition) is 1. The fourth-order valence-corrected chi connectivity index (χ4v) is 3.35. The van der Waals surface area contributed by atoms with Crippen molar-refractivity contribution < 1.29 is 24.1 Å². The molecule has 0 amide bonds. The van der Waals surface area contributed by atoms with E-state index in [9.17, 15) is 4.79 Å². The Hall–Kier alpha value is -3.06. The van der Waals surface area contributed by atoms with E-state index in [2.05, 4.69) is 11.9 Å². The van der Waals surface area contributed by atoms with Gasteiger partial charge in [-0.1, -0.05) is 19.1 Å². The Balaban J connectivity index is 1.59. The lowest BCUT2D eigenvalue weighted by Gasteiger charge is -2.12. The number of aromatic carboxylic acids is 1. The quantitative estimate of drug-likeness (QED) is 0.533. The molecule has 1 N–H and O–H groups in total. The molecule has 7 heteroatoms. The molecular formula is C21H21NO5S. The van der Waals surface area contributed by atoms with Gasteiger partial charge in [-0.05, 0) is 42.3 Å². The van der Waals surface area contributed by atoms with E-state index in [4.69, 9.17) is 19.3 Å². The van der Waals surface area contributed by atoms with Crippen molar-refractivity contribution in [3.63, 3.8) is 0 Å². The van der Waals surface area contributed by atoms with Crippen LogP contribution in [-0.4, -0.2) is 36.4 Å². The first-order valence-corrected chi connectivity index (χ1v) is 9.70. The molecule has 0 atom stereocenters. The largest absolute Gasteiger partial charge is 0.493 e. The number of benzene rings is 2. The molecule has 6 nitrogen and oxygen atoms in total. The summed E-state index contributed by atoms with van der Waals surface area (Å²) in [7, 11) is 1.56. The van der Waals surface area contributed by atoms with E-state index in [0.29, 0.717) is 29.7 Å². The summed E-state index contributed by atoms with van der Waals surface area (Å²) in [5, 5.41) is 11.1. The van der Waals surface area contributed by atoms with Crippen LogP contribution in [0.3, 0.4) is 0 Å². The second-order valence-corrected chi connectivity index (χ2v) is 6.76. The van der Waals surface area contributed by atoms with Crippen molar-refractivity contribution in [3.05, 3.63) is 59.1 Å². The minimum absolute atomic E-state index is 0.0309. The molecule has 2 aromatic carbocycles. The summed E-state index contributed by atoms with van der Waals surface area (Å²) < 4.78 is 16.9. The maximum absolute atomic E-state index is 11.0. The highest BCUT2D eigenvalue weighted by atomic mass is 32.1. The zero-order valence-corrected chi connectivity index (χ0v) is 16.5. The van der Waals surface area contributed by atoms with Gasteiger partial charge >= 0.3 is 5.97 Å². The monoisotopic (exact) mass is 399 g/mol. The number of aryl methyl sites for hydroxylation is 1. The smallest absolute Gasteiger partial charge is 0.355 e. The molecule has 0 spiro atoms. The molecule has 0 aliphatic heterocycles. The van der Waals surface area contributed by atoms with Gasteiger partial charge in [0, 0.05) is 10.9 Å². The molecule has 0 saturated heterocycles. The number of hydrogen-bond acceptors (Lipinski definition) is 6. The lowest BCUT2D eigenvalue weighted by atomic mass is 10.2. The molecule has 146 valence electrons. The van der Waals surface area contributed by atoms with E-state index in [1.54, 1.807) is 19.2 Å². The van der Waals surface area contributed by atoms with Crippen molar-refractivity contribution in [2.75, 3.05) is 20.3 Å². The van der Waals surface area contributed by atoms with Gasteiger partial charge in [0.2, 0.25) is 0 Å². The number of methoxy groups -OCH3 is 1. The predicted octanol–water partition coefficient (Wildman–Crippen LogP) is 4.54. The zero-order chi connectivity index (χ0) is 19.9. The number of thiazole rings is 1. The van der Waals surface area contributed by atoms with Crippen molar-refractivity contribution in [2.24, 2.45) is 0 Å². The predicted molar refractivity (Wildman–Crippen MR) is 108 cm³/mol. The third kappa shape index (κ3) is 4.80. The van der Waals surface area contributed by atoms with Crippen molar-refractivity contribution in [2.45, 2.75) is 13.3 Å². The molecule has 3 rings (SSSR count). The van der Waals surface area contributed by atoms with Crippen LogP contribution in [0.5, 0.6) is 17.2 Å². The first-order chi connectivity index (χ1) is 13.6. The summed E-state index contributed by atoms with van der Waals surface area (Å²) in [5.74, 6) is 0.905. The van der Waals surface area contributed by atoms with Crippen LogP contribution in [0.25, 0.3) is 10.6 Å². The maximum atomic E-state index is 11.0. The molecule has 0 fully saturated rings. The van der Waals surface area contributed by atoms with Gasteiger partial charge in [0.25, 0.3) is 0 Å². The second kappa shape index (κ2) is 9.23. The van der Waals surface area contributed by atoms with Crippen molar-refractivity contribution in [1.82, 2.24) is 4.98 Å². The lowest BCUT2D eigenvalue weighted by Crippen LogP contribution is -2.09. The molecule has 1 aromatic heterocycles. The van der Waals surface area contributed by atoms with E-state index in [-0.39, 0.29) is 5.69 Å². The SMILES string of the molecule is CCc1ccc(OCCOc2ccc(-c3nc(C(=O)O)cs3)cc2OC)cc1. The normalized spacial score (nSPS) is 10.5. The molecule has 1 heterocycles. The van der Waals surface area contributed by atoms with Gasteiger partial charge in [-0.2, -0.15) is 0 Å². The van der Waals surface area contributed by atoms with E-state index in [1.807, 2.05) is 30.3 Å². The molecule has 0 radical (unpaired) electrons. The summed E-state index contributed by atoms with van der Waals surface area (Å²) in [6.45, 7) is 2.89. The van der Waals surface area contributed by atoms with Crippen LogP contribution in [0.4, 0.5) is 0 Å². The Kier molecular flexibility index (Phi) is 6.49. The molecule has 3 aromatic rings. The molecule has 0 unspecified atom stereocenters. The van der Waals surface area contributed by atoms with Crippen LogP contribution < -0.4 is 14.2 Å². The van der Waals surface area contributed by atoms with E-state index in [0.717, 1.165) is 17.7 Å². The minimum Gasteiger partial charge on any atom is -0.493 e. The summed E-state index contributed by atoms with van der Waals surface area (Å²) in [4.78, 5) is 15.1. The third-order valence-electron chi connectivity index (χ3n) is 4.08. The van der Waals surface area contributed by atoms with Crippen molar-refractivity contribution >= 4 is 17.3 Å². The highest BCUT2D eigenvalue weighted by Crippen LogP contribution is 2.33. The second-order valence-electron chi connectivity index (χ2n) is 5.90. The van der Waals surface area contributed by atoms with Crippen molar-refractivity contribution in [1.29, 1.82) is 0 Å². The van der Waals surface area contributed by atoms with Gasteiger partial charge in [0.15, 0.2) is 17.2 Å². The zero-order valence-electron chi connectivity index (χ0n) is 15.7. The molecular weight excluding hydrogens is 378 g/mol. The number of carbonyl (C=O) groups is 1. The number of ether oxygens (including phenoxy) is 3. The van der Waals surface area contributed by atoms with Crippen molar-refractivity contribution in [3.8, 4) is 27.8 Å². The Bertz CT molecular complexity index is 936. The van der Waals surface area contributed by atoms with E-state index >= 15 is 0 Å². The van der Waals surface area contributed by atoms with Gasteiger partial charge < -0.3 is 19.3 Å². The van der Waals surface area contributed by atoms with Gasteiger partial charge in [-0.3, -0.25) is 0 Å². The van der Waals surface area contributed by atoms with Crippen LogP contribution in [-0.2, 0) is 6.42 Å².